The van der Waals surface area contributed by atoms with Gasteiger partial charge in [0.2, 0.25) is 0 Å². The topological polar surface area (TPSA) is 66.9 Å². The van der Waals surface area contributed by atoms with Gasteiger partial charge in [0.1, 0.15) is 18.2 Å². The molecule has 6 nitrogen and oxygen atoms in total. The molecular formula is C22H24F2N2O4. The molecule has 0 radical (unpaired) electrons. The Balaban J connectivity index is 2.52. The minimum atomic E-state index is -0.937. The van der Waals surface area contributed by atoms with Crippen molar-refractivity contribution in [2.24, 2.45) is 0 Å². The van der Waals surface area contributed by atoms with E-state index in [1.807, 2.05) is 0 Å². The molecule has 0 spiro atoms. The summed E-state index contributed by atoms with van der Waals surface area (Å²) in [5.41, 5.74) is -0.720. The van der Waals surface area contributed by atoms with E-state index in [2.05, 4.69) is 0 Å². The molecule has 2 aromatic carbocycles. The molecule has 0 aromatic heterocycles. The number of hydrogen-bond donors (Lipinski definition) is 0. The van der Waals surface area contributed by atoms with E-state index in [0.717, 1.165) is 34.3 Å². The summed E-state index contributed by atoms with van der Waals surface area (Å²) >= 11 is 0. The fourth-order valence-electron chi connectivity index (χ4n) is 2.79. The van der Waals surface area contributed by atoms with Gasteiger partial charge < -0.3 is 4.74 Å². The van der Waals surface area contributed by atoms with Gasteiger partial charge in [-0.05, 0) is 76.2 Å². The Morgan fingerprint density at radius 3 is 1.67 bits per heavy atom. The van der Waals surface area contributed by atoms with Crippen molar-refractivity contribution >= 4 is 17.8 Å². The first-order valence-corrected chi connectivity index (χ1v) is 9.37. The summed E-state index contributed by atoms with van der Waals surface area (Å²) in [5.74, 6) is -3.05. The molecule has 0 fully saturated rings. The van der Waals surface area contributed by atoms with Crippen LogP contribution in [-0.2, 0) is 9.53 Å². The quantitative estimate of drug-likeness (QED) is 0.547. The van der Waals surface area contributed by atoms with Crippen LogP contribution < -0.4 is 0 Å². The zero-order chi connectivity index (χ0) is 22.5. The zero-order valence-electron chi connectivity index (χ0n) is 17.3. The fraction of sp³-hybridized carbons (Fsp3) is 0.318. The molecule has 30 heavy (non-hydrogen) atoms. The van der Waals surface area contributed by atoms with Gasteiger partial charge in [0.25, 0.3) is 11.8 Å². The Bertz CT molecular complexity index is 906. The standard InChI is InChI=1S/C22H24F2N2O4/c1-5-30-19(27)14-25(20(28)15-6-10-17(23)11-7-15)26(22(2,3)4)21(29)16-8-12-18(24)13-9-16/h6-13H,5,14H2,1-4H3. The van der Waals surface area contributed by atoms with Gasteiger partial charge in [-0.1, -0.05) is 0 Å². The van der Waals surface area contributed by atoms with Crippen molar-refractivity contribution in [3.05, 3.63) is 71.3 Å². The lowest BCUT2D eigenvalue weighted by atomic mass is 10.1. The molecule has 0 bridgehead atoms. The molecule has 0 aliphatic heterocycles. The second-order valence-corrected chi connectivity index (χ2v) is 7.47. The van der Waals surface area contributed by atoms with Gasteiger partial charge in [0, 0.05) is 11.1 Å². The van der Waals surface area contributed by atoms with E-state index in [1.165, 1.54) is 24.3 Å². The first kappa shape index (κ1) is 23.0. The van der Waals surface area contributed by atoms with Crippen LogP contribution in [0.4, 0.5) is 8.78 Å². The first-order chi connectivity index (χ1) is 14.0. The van der Waals surface area contributed by atoms with Gasteiger partial charge in [0.05, 0.1) is 12.1 Å². The second kappa shape index (κ2) is 9.47. The normalized spacial score (nSPS) is 11.0. The Hall–Kier alpha value is -3.29. The van der Waals surface area contributed by atoms with Crippen LogP contribution in [-0.4, -0.2) is 46.5 Å². The molecule has 0 atom stereocenters. The number of hydrazine groups is 1. The van der Waals surface area contributed by atoms with Crippen molar-refractivity contribution in [3.63, 3.8) is 0 Å². The molecular weight excluding hydrogens is 394 g/mol. The lowest BCUT2D eigenvalue weighted by molar-refractivity contribution is -0.148. The third-order valence-corrected chi connectivity index (χ3v) is 4.07. The molecule has 2 amide bonds. The summed E-state index contributed by atoms with van der Waals surface area (Å²) in [5, 5.41) is 2.10. The van der Waals surface area contributed by atoms with Crippen molar-refractivity contribution in [2.75, 3.05) is 13.2 Å². The minimum Gasteiger partial charge on any atom is -0.465 e. The summed E-state index contributed by atoms with van der Waals surface area (Å²) in [6.07, 6.45) is 0. The number of carbonyl (C=O) groups is 3. The molecule has 2 rings (SSSR count). The van der Waals surface area contributed by atoms with Crippen molar-refractivity contribution in [1.29, 1.82) is 0 Å². The summed E-state index contributed by atoms with van der Waals surface area (Å²) in [6, 6.07) is 9.59. The average molecular weight is 418 g/mol. The van der Waals surface area contributed by atoms with E-state index in [-0.39, 0.29) is 17.7 Å². The number of nitrogens with zero attached hydrogens (tertiary/aromatic N) is 2. The van der Waals surface area contributed by atoms with Crippen LogP contribution in [0.5, 0.6) is 0 Å². The van der Waals surface area contributed by atoms with Crippen LogP contribution in [0.2, 0.25) is 0 Å². The smallest absolute Gasteiger partial charge is 0.327 e. The predicted octanol–water partition coefficient (Wildman–Crippen LogP) is 3.83. The van der Waals surface area contributed by atoms with Gasteiger partial charge in [-0.2, -0.15) is 0 Å². The number of rotatable bonds is 5. The number of amides is 2. The monoisotopic (exact) mass is 418 g/mol. The van der Waals surface area contributed by atoms with E-state index >= 15 is 0 Å². The Morgan fingerprint density at radius 2 is 1.27 bits per heavy atom. The first-order valence-electron chi connectivity index (χ1n) is 9.37. The number of benzene rings is 2. The highest BCUT2D eigenvalue weighted by Crippen LogP contribution is 2.23. The number of esters is 1. The zero-order valence-corrected chi connectivity index (χ0v) is 17.3. The van der Waals surface area contributed by atoms with Crippen LogP contribution >= 0.6 is 0 Å². The van der Waals surface area contributed by atoms with Gasteiger partial charge >= 0.3 is 5.97 Å². The van der Waals surface area contributed by atoms with E-state index in [1.54, 1.807) is 27.7 Å². The summed E-state index contributed by atoms with van der Waals surface area (Å²) in [7, 11) is 0. The second-order valence-electron chi connectivity index (χ2n) is 7.47. The lowest BCUT2D eigenvalue weighted by Gasteiger charge is -2.43. The maximum Gasteiger partial charge on any atom is 0.327 e. The molecule has 0 heterocycles. The van der Waals surface area contributed by atoms with Crippen LogP contribution in [0.25, 0.3) is 0 Å². The number of halogens is 2. The van der Waals surface area contributed by atoms with E-state index in [9.17, 15) is 23.2 Å². The van der Waals surface area contributed by atoms with Gasteiger partial charge in [-0.3, -0.25) is 14.4 Å². The van der Waals surface area contributed by atoms with Gasteiger partial charge in [-0.15, -0.1) is 0 Å². The van der Waals surface area contributed by atoms with E-state index in [4.69, 9.17) is 4.74 Å². The number of carbonyl (C=O) groups excluding carboxylic acids is 3. The number of ether oxygens (including phenoxy) is 1. The Kier molecular flexibility index (Phi) is 7.26. The third kappa shape index (κ3) is 5.62. The highest BCUT2D eigenvalue weighted by molar-refractivity contribution is 6.00. The van der Waals surface area contributed by atoms with Crippen LogP contribution in [0, 0.1) is 11.6 Å². The summed E-state index contributed by atoms with van der Waals surface area (Å²) in [6.45, 7) is 6.24. The molecule has 8 heteroatoms. The summed E-state index contributed by atoms with van der Waals surface area (Å²) < 4.78 is 31.6. The maximum absolute atomic E-state index is 13.3. The summed E-state index contributed by atoms with van der Waals surface area (Å²) in [4.78, 5) is 38.7. The van der Waals surface area contributed by atoms with Crippen LogP contribution in [0.1, 0.15) is 48.4 Å². The van der Waals surface area contributed by atoms with Crippen molar-refractivity contribution < 1.29 is 27.9 Å². The Morgan fingerprint density at radius 1 is 0.833 bits per heavy atom. The van der Waals surface area contributed by atoms with E-state index in [0.29, 0.717) is 0 Å². The number of hydrogen-bond acceptors (Lipinski definition) is 4. The van der Waals surface area contributed by atoms with Crippen molar-refractivity contribution in [2.45, 2.75) is 33.2 Å². The van der Waals surface area contributed by atoms with Crippen molar-refractivity contribution in [1.82, 2.24) is 10.0 Å². The molecule has 0 aliphatic rings. The molecule has 0 unspecified atom stereocenters. The fourth-order valence-corrected chi connectivity index (χ4v) is 2.79. The highest BCUT2D eigenvalue weighted by atomic mass is 19.1. The van der Waals surface area contributed by atoms with Gasteiger partial charge in [-0.25, -0.2) is 18.8 Å². The third-order valence-electron chi connectivity index (χ3n) is 4.07. The molecule has 160 valence electrons. The molecule has 0 saturated carbocycles. The van der Waals surface area contributed by atoms with Gasteiger partial charge in [0.15, 0.2) is 0 Å². The lowest BCUT2D eigenvalue weighted by Crippen LogP contribution is -2.59. The predicted molar refractivity (Wildman–Crippen MR) is 106 cm³/mol. The molecule has 0 N–H and O–H groups in total. The van der Waals surface area contributed by atoms with Crippen molar-refractivity contribution in [3.8, 4) is 0 Å². The van der Waals surface area contributed by atoms with Crippen LogP contribution in [0.3, 0.4) is 0 Å². The maximum atomic E-state index is 13.3. The Labute approximate surface area is 174 Å². The SMILES string of the molecule is CCOC(=O)CN(C(=O)c1ccc(F)cc1)N(C(=O)c1ccc(F)cc1)C(C)(C)C. The van der Waals surface area contributed by atoms with E-state index < -0.39 is 41.5 Å². The average Bonchev–Trinajstić information content (AvgIpc) is 2.67. The largest absolute Gasteiger partial charge is 0.465 e. The highest BCUT2D eigenvalue weighted by Gasteiger charge is 2.37. The minimum absolute atomic E-state index is 0.0851. The molecule has 0 aliphatic carbocycles. The van der Waals surface area contributed by atoms with Crippen LogP contribution in [0.15, 0.2) is 48.5 Å². The molecule has 0 saturated heterocycles. The molecule has 2 aromatic rings.